The molecule has 0 bridgehead atoms. The summed E-state index contributed by atoms with van der Waals surface area (Å²) in [6, 6.07) is 0. The van der Waals surface area contributed by atoms with Crippen molar-refractivity contribution in [2.45, 2.75) is 65.7 Å². The summed E-state index contributed by atoms with van der Waals surface area (Å²) in [6.07, 6.45) is -3.54. The summed E-state index contributed by atoms with van der Waals surface area (Å²) in [4.78, 5) is 0. The summed E-state index contributed by atoms with van der Waals surface area (Å²) in [5.74, 6) is 0.196. The molecule has 4 heteroatoms. The maximum atomic E-state index is 12.4. The van der Waals surface area contributed by atoms with Crippen LogP contribution in [0.5, 0.6) is 0 Å². The van der Waals surface area contributed by atoms with E-state index in [0.29, 0.717) is 6.42 Å². The highest BCUT2D eigenvalue weighted by molar-refractivity contribution is 4.84. The average Bonchev–Trinajstić information content (AvgIpc) is 2.00. The first-order chi connectivity index (χ1) is 6.92. The van der Waals surface area contributed by atoms with E-state index in [1.54, 1.807) is 0 Å². The molecule has 0 saturated heterocycles. The lowest BCUT2D eigenvalue weighted by Crippen LogP contribution is -2.42. The fraction of sp³-hybridized carbons (Fsp3) is 1.00. The molecule has 0 rings (SSSR count). The molecular weight excluding hydrogens is 217 g/mol. The van der Waals surface area contributed by atoms with Gasteiger partial charge in [-0.2, -0.15) is 13.2 Å². The number of rotatable bonds is 4. The van der Waals surface area contributed by atoms with Crippen LogP contribution in [0.15, 0.2) is 0 Å². The molecule has 0 amide bonds. The van der Waals surface area contributed by atoms with Gasteiger partial charge in [0.2, 0.25) is 0 Å². The maximum Gasteiger partial charge on any atom is 0.416 e. The van der Waals surface area contributed by atoms with Crippen LogP contribution < -0.4 is 0 Å². The molecule has 0 aromatic rings. The van der Waals surface area contributed by atoms with Crippen molar-refractivity contribution in [2.75, 3.05) is 0 Å². The van der Waals surface area contributed by atoms with Gasteiger partial charge in [0.05, 0.1) is 0 Å². The fourth-order valence-electron chi connectivity index (χ4n) is 1.85. The fourth-order valence-corrected chi connectivity index (χ4v) is 1.85. The highest BCUT2D eigenvalue weighted by Crippen LogP contribution is 2.38. The lowest BCUT2D eigenvalue weighted by atomic mass is 9.75. The van der Waals surface area contributed by atoms with Gasteiger partial charge in [0.15, 0.2) is 5.60 Å². The third-order valence-corrected chi connectivity index (χ3v) is 3.31. The minimum Gasteiger partial charge on any atom is -0.381 e. The van der Waals surface area contributed by atoms with Crippen molar-refractivity contribution in [3.8, 4) is 0 Å². The molecule has 0 aromatic heterocycles. The van der Waals surface area contributed by atoms with Crippen LogP contribution in [-0.2, 0) is 0 Å². The van der Waals surface area contributed by atoms with Gasteiger partial charge in [-0.25, -0.2) is 0 Å². The minimum atomic E-state index is -4.54. The topological polar surface area (TPSA) is 20.2 Å². The van der Waals surface area contributed by atoms with Crippen molar-refractivity contribution in [3.05, 3.63) is 0 Å². The largest absolute Gasteiger partial charge is 0.416 e. The minimum absolute atomic E-state index is 0.0174. The van der Waals surface area contributed by atoms with Gasteiger partial charge in [-0.1, -0.05) is 34.1 Å². The SMILES string of the molecule is CCC(CCC(C)(O)C(F)(F)F)C(C)(C)C. The molecule has 0 aliphatic heterocycles. The van der Waals surface area contributed by atoms with E-state index in [4.69, 9.17) is 0 Å². The Morgan fingerprint density at radius 3 is 1.75 bits per heavy atom. The van der Waals surface area contributed by atoms with Crippen molar-refractivity contribution in [1.82, 2.24) is 0 Å². The van der Waals surface area contributed by atoms with Crippen LogP contribution in [0, 0.1) is 11.3 Å². The van der Waals surface area contributed by atoms with Crippen LogP contribution in [0.3, 0.4) is 0 Å². The predicted molar refractivity (Wildman–Crippen MR) is 59.1 cm³/mol. The maximum absolute atomic E-state index is 12.4. The molecule has 0 aromatic carbocycles. The summed E-state index contributed by atoms with van der Waals surface area (Å²) >= 11 is 0. The molecule has 0 spiro atoms. The van der Waals surface area contributed by atoms with Gasteiger partial charge < -0.3 is 5.11 Å². The Hall–Kier alpha value is -0.250. The molecule has 2 unspecified atom stereocenters. The van der Waals surface area contributed by atoms with Crippen molar-refractivity contribution < 1.29 is 18.3 Å². The highest BCUT2D eigenvalue weighted by atomic mass is 19.4. The zero-order chi connectivity index (χ0) is 13.2. The van der Waals surface area contributed by atoms with Crippen molar-refractivity contribution in [1.29, 1.82) is 0 Å². The van der Waals surface area contributed by atoms with Gasteiger partial charge in [-0.15, -0.1) is 0 Å². The van der Waals surface area contributed by atoms with Crippen LogP contribution in [-0.4, -0.2) is 16.9 Å². The molecule has 1 nitrogen and oxygen atoms in total. The molecule has 0 saturated carbocycles. The van der Waals surface area contributed by atoms with Gasteiger partial charge in [0, 0.05) is 0 Å². The van der Waals surface area contributed by atoms with Crippen LogP contribution in [0.25, 0.3) is 0 Å². The van der Waals surface area contributed by atoms with Gasteiger partial charge in [-0.3, -0.25) is 0 Å². The zero-order valence-corrected chi connectivity index (χ0v) is 10.8. The standard InChI is InChI=1S/C12H23F3O/c1-6-9(10(2,3)4)7-8-11(5,16)12(13,14)15/h9,16H,6-8H2,1-5H3. The number of aliphatic hydroxyl groups is 1. The van der Waals surface area contributed by atoms with Crippen LogP contribution in [0.1, 0.15) is 53.9 Å². The highest BCUT2D eigenvalue weighted by Gasteiger charge is 2.49. The second-order valence-corrected chi connectivity index (χ2v) is 5.78. The van der Waals surface area contributed by atoms with Gasteiger partial charge in [0.1, 0.15) is 0 Å². The van der Waals surface area contributed by atoms with E-state index >= 15 is 0 Å². The lowest BCUT2D eigenvalue weighted by molar-refractivity contribution is -0.256. The molecule has 0 radical (unpaired) electrons. The molecule has 0 aliphatic carbocycles. The van der Waals surface area contributed by atoms with Crippen molar-refractivity contribution in [2.24, 2.45) is 11.3 Å². The summed E-state index contributed by atoms with van der Waals surface area (Å²) in [7, 11) is 0. The molecular formula is C12H23F3O. The lowest BCUT2D eigenvalue weighted by Gasteiger charge is -2.33. The number of alkyl halides is 3. The first kappa shape index (κ1) is 15.8. The molecule has 16 heavy (non-hydrogen) atoms. The average molecular weight is 240 g/mol. The second kappa shape index (κ2) is 4.94. The van der Waals surface area contributed by atoms with Gasteiger partial charge in [0.25, 0.3) is 0 Å². The third-order valence-electron chi connectivity index (χ3n) is 3.31. The molecule has 2 atom stereocenters. The summed E-state index contributed by atoms with van der Waals surface area (Å²) in [5, 5.41) is 9.34. The Morgan fingerprint density at radius 1 is 1.06 bits per heavy atom. The van der Waals surface area contributed by atoms with Crippen molar-refractivity contribution in [3.63, 3.8) is 0 Å². The van der Waals surface area contributed by atoms with E-state index in [1.807, 2.05) is 27.7 Å². The smallest absolute Gasteiger partial charge is 0.381 e. The number of hydrogen-bond donors (Lipinski definition) is 1. The van der Waals surface area contributed by atoms with Crippen molar-refractivity contribution >= 4 is 0 Å². The second-order valence-electron chi connectivity index (χ2n) is 5.78. The Kier molecular flexibility index (Phi) is 4.87. The summed E-state index contributed by atoms with van der Waals surface area (Å²) < 4.78 is 37.3. The number of hydrogen-bond acceptors (Lipinski definition) is 1. The van der Waals surface area contributed by atoms with E-state index in [2.05, 4.69) is 0 Å². The van der Waals surface area contributed by atoms with E-state index in [1.165, 1.54) is 0 Å². The van der Waals surface area contributed by atoms with E-state index in [-0.39, 0.29) is 17.8 Å². The Labute approximate surface area is 96.0 Å². The molecule has 98 valence electrons. The zero-order valence-electron chi connectivity index (χ0n) is 10.8. The van der Waals surface area contributed by atoms with Crippen LogP contribution in [0.4, 0.5) is 13.2 Å². The molecule has 0 fully saturated rings. The summed E-state index contributed by atoms with van der Waals surface area (Å²) in [6.45, 7) is 8.87. The number of halogens is 3. The summed E-state index contributed by atoms with van der Waals surface area (Å²) in [5.41, 5.74) is -2.58. The van der Waals surface area contributed by atoms with E-state index in [9.17, 15) is 18.3 Å². The van der Waals surface area contributed by atoms with Gasteiger partial charge >= 0.3 is 6.18 Å². The first-order valence-electron chi connectivity index (χ1n) is 5.71. The Balaban J connectivity index is 4.44. The first-order valence-corrected chi connectivity index (χ1v) is 5.71. The Morgan fingerprint density at radius 2 is 1.50 bits per heavy atom. The quantitative estimate of drug-likeness (QED) is 0.782. The van der Waals surface area contributed by atoms with E-state index < -0.39 is 11.8 Å². The third kappa shape index (κ3) is 4.32. The Bertz CT molecular complexity index is 213. The van der Waals surface area contributed by atoms with Crippen LogP contribution >= 0.6 is 0 Å². The normalized spacial score (nSPS) is 19.3. The van der Waals surface area contributed by atoms with Gasteiger partial charge in [-0.05, 0) is 31.1 Å². The molecule has 1 N–H and O–H groups in total. The van der Waals surface area contributed by atoms with Crippen LogP contribution in [0.2, 0.25) is 0 Å². The monoisotopic (exact) mass is 240 g/mol. The predicted octanol–water partition coefficient (Wildman–Crippen LogP) is 4.15. The molecule has 0 heterocycles. The van der Waals surface area contributed by atoms with E-state index in [0.717, 1.165) is 13.3 Å². The molecule has 0 aliphatic rings.